The minimum Gasteiger partial charge on any atom is -0.394 e. The van der Waals surface area contributed by atoms with Gasteiger partial charge in [-0.3, -0.25) is 16.0 Å². The maximum absolute atomic E-state index is 12.7. The summed E-state index contributed by atoms with van der Waals surface area (Å²) in [5.41, 5.74) is 0. The van der Waals surface area contributed by atoms with Crippen LogP contribution in [0.2, 0.25) is 0 Å². The molecule has 1 saturated heterocycles. The maximum Gasteiger partial charge on any atom is 0.391 e. The highest BCUT2D eigenvalue weighted by molar-refractivity contribution is 5.74. The van der Waals surface area contributed by atoms with Crippen LogP contribution in [0.25, 0.3) is 0 Å². The molecule has 2 amide bonds. The number of carbonyl (C=O) groups is 1. The van der Waals surface area contributed by atoms with Crippen LogP contribution in [0, 0.1) is 5.92 Å². The Morgan fingerprint density at radius 3 is 2.50 bits per heavy atom. The number of alkyl halides is 3. The molecule has 1 saturated carbocycles. The van der Waals surface area contributed by atoms with Crippen molar-refractivity contribution in [2.24, 2.45) is 5.92 Å². The third kappa shape index (κ3) is 8.08. The van der Waals surface area contributed by atoms with E-state index in [9.17, 15) is 18.0 Å². The Morgan fingerprint density at radius 2 is 1.86 bits per heavy atom. The summed E-state index contributed by atoms with van der Waals surface area (Å²) in [6.45, 7) is 3.36. The fourth-order valence-electron chi connectivity index (χ4n) is 3.64. The summed E-state index contributed by atoms with van der Waals surface area (Å²) >= 11 is 0. The van der Waals surface area contributed by atoms with Crippen molar-refractivity contribution in [1.82, 2.24) is 26.6 Å². The summed E-state index contributed by atoms with van der Waals surface area (Å²) in [7, 11) is 0. The van der Waals surface area contributed by atoms with Crippen LogP contribution in [-0.2, 0) is 4.74 Å². The Bertz CT molecular complexity index is 475. The van der Waals surface area contributed by atoms with Gasteiger partial charge >= 0.3 is 12.2 Å². The number of hydrogen-bond donors (Lipinski definition) is 6. The van der Waals surface area contributed by atoms with Gasteiger partial charge in [0.2, 0.25) is 0 Å². The highest BCUT2D eigenvalue weighted by atomic mass is 19.4. The molecule has 1 heterocycles. The smallest absolute Gasteiger partial charge is 0.391 e. The van der Waals surface area contributed by atoms with Gasteiger partial charge in [-0.05, 0) is 39.0 Å². The van der Waals surface area contributed by atoms with Crippen molar-refractivity contribution < 1.29 is 27.8 Å². The van der Waals surface area contributed by atoms with Crippen molar-refractivity contribution >= 4 is 6.03 Å². The van der Waals surface area contributed by atoms with Crippen LogP contribution in [0.15, 0.2) is 0 Å². The Morgan fingerprint density at radius 1 is 1.14 bits per heavy atom. The van der Waals surface area contributed by atoms with Crippen LogP contribution in [-0.4, -0.2) is 68.2 Å². The van der Waals surface area contributed by atoms with E-state index >= 15 is 0 Å². The lowest BCUT2D eigenvalue weighted by Gasteiger charge is -2.37. The number of nitrogens with one attached hydrogen (secondary N) is 5. The number of rotatable bonds is 8. The number of aliphatic hydroxyl groups excluding tert-OH is 1. The van der Waals surface area contributed by atoms with Gasteiger partial charge in [-0.15, -0.1) is 0 Å². The van der Waals surface area contributed by atoms with Crippen molar-refractivity contribution in [2.75, 3.05) is 26.4 Å². The van der Waals surface area contributed by atoms with E-state index in [1.165, 1.54) is 0 Å². The van der Waals surface area contributed by atoms with Crippen LogP contribution >= 0.6 is 0 Å². The first-order valence-electron chi connectivity index (χ1n) is 9.85. The van der Waals surface area contributed by atoms with Crippen LogP contribution < -0.4 is 26.6 Å². The molecular formula is C17H32F3N5O3. The van der Waals surface area contributed by atoms with Crippen molar-refractivity contribution in [3.63, 3.8) is 0 Å². The monoisotopic (exact) mass is 411 g/mol. The van der Waals surface area contributed by atoms with E-state index in [1.54, 1.807) is 0 Å². The lowest BCUT2D eigenvalue weighted by Crippen LogP contribution is -2.68. The molecule has 164 valence electrons. The molecule has 0 bridgehead atoms. The number of hydrogen-bond acceptors (Lipinski definition) is 6. The molecule has 8 nitrogen and oxygen atoms in total. The Balaban J connectivity index is 1.68. The van der Waals surface area contributed by atoms with Crippen LogP contribution in [0.5, 0.6) is 0 Å². The zero-order valence-electron chi connectivity index (χ0n) is 16.1. The molecule has 3 atom stereocenters. The predicted molar refractivity (Wildman–Crippen MR) is 97.3 cm³/mol. The van der Waals surface area contributed by atoms with E-state index in [0.717, 1.165) is 6.42 Å². The molecule has 1 aliphatic heterocycles. The van der Waals surface area contributed by atoms with Gasteiger partial charge in [-0.1, -0.05) is 0 Å². The molecule has 0 aromatic carbocycles. The average molecular weight is 411 g/mol. The van der Waals surface area contributed by atoms with Crippen LogP contribution in [0.3, 0.4) is 0 Å². The molecule has 2 rings (SSSR count). The van der Waals surface area contributed by atoms with Gasteiger partial charge < -0.3 is 20.5 Å². The quantitative estimate of drug-likeness (QED) is 0.327. The Labute approximate surface area is 163 Å². The predicted octanol–water partition coefficient (Wildman–Crippen LogP) is 0.586. The zero-order chi connectivity index (χ0) is 20.6. The molecule has 0 radical (unpaired) electrons. The second-order valence-electron chi connectivity index (χ2n) is 7.45. The fourth-order valence-corrected chi connectivity index (χ4v) is 3.64. The largest absolute Gasteiger partial charge is 0.394 e. The van der Waals surface area contributed by atoms with Crippen molar-refractivity contribution in [3.05, 3.63) is 0 Å². The number of halogens is 3. The van der Waals surface area contributed by atoms with Gasteiger partial charge in [0, 0.05) is 18.6 Å². The first-order chi connectivity index (χ1) is 13.3. The molecule has 0 aromatic heterocycles. The van der Waals surface area contributed by atoms with Gasteiger partial charge in [0.15, 0.2) is 0 Å². The van der Waals surface area contributed by atoms with E-state index in [-0.39, 0.29) is 37.7 Å². The Kier molecular flexibility index (Phi) is 9.22. The molecule has 2 aliphatic rings. The second kappa shape index (κ2) is 11.1. The first-order valence-corrected chi connectivity index (χ1v) is 9.85. The van der Waals surface area contributed by atoms with Crippen LogP contribution in [0.1, 0.15) is 39.0 Å². The van der Waals surface area contributed by atoms with E-state index in [0.29, 0.717) is 32.6 Å². The number of ether oxygens (including phenoxy) is 1. The lowest BCUT2D eigenvalue weighted by molar-refractivity contribution is -0.182. The van der Waals surface area contributed by atoms with Crippen molar-refractivity contribution in [2.45, 2.75) is 69.7 Å². The van der Waals surface area contributed by atoms with Gasteiger partial charge in [-0.2, -0.15) is 13.2 Å². The minimum absolute atomic E-state index is 0.0123. The maximum atomic E-state index is 12.7. The van der Waals surface area contributed by atoms with Gasteiger partial charge in [-0.25, -0.2) is 4.79 Å². The van der Waals surface area contributed by atoms with Gasteiger partial charge in [0.1, 0.15) is 6.29 Å². The van der Waals surface area contributed by atoms with Gasteiger partial charge in [0.25, 0.3) is 0 Å². The number of amides is 2. The summed E-state index contributed by atoms with van der Waals surface area (Å²) in [5.74, 6) is -1.26. The summed E-state index contributed by atoms with van der Waals surface area (Å²) in [5, 5.41) is 23.9. The summed E-state index contributed by atoms with van der Waals surface area (Å²) < 4.78 is 43.4. The minimum atomic E-state index is -4.15. The van der Waals surface area contributed by atoms with Crippen molar-refractivity contribution in [1.29, 1.82) is 0 Å². The number of urea groups is 1. The molecule has 1 aliphatic carbocycles. The number of aliphatic hydroxyl groups is 1. The third-order valence-electron chi connectivity index (χ3n) is 5.08. The van der Waals surface area contributed by atoms with Gasteiger partial charge in [0.05, 0.1) is 31.9 Å². The van der Waals surface area contributed by atoms with Crippen LogP contribution in [0.4, 0.5) is 18.0 Å². The topological polar surface area (TPSA) is 107 Å². The number of carbonyl (C=O) groups excluding carboxylic acids is 1. The van der Waals surface area contributed by atoms with E-state index in [4.69, 9.17) is 9.84 Å². The summed E-state index contributed by atoms with van der Waals surface area (Å²) in [4.78, 5) is 12.2. The van der Waals surface area contributed by atoms with E-state index in [1.807, 2.05) is 6.92 Å². The van der Waals surface area contributed by atoms with E-state index in [2.05, 4.69) is 26.6 Å². The molecule has 2 fully saturated rings. The molecule has 3 unspecified atom stereocenters. The average Bonchev–Trinajstić information content (AvgIpc) is 2.60. The molecule has 11 heteroatoms. The van der Waals surface area contributed by atoms with E-state index < -0.39 is 24.4 Å². The third-order valence-corrected chi connectivity index (χ3v) is 5.08. The fraction of sp³-hybridized carbons (Fsp3) is 0.941. The summed E-state index contributed by atoms with van der Waals surface area (Å²) in [6, 6.07) is -0.485. The molecule has 28 heavy (non-hydrogen) atoms. The lowest BCUT2D eigenvalue weighted by atomic mass is 9.86. The zero-order valence-corrected chi connectivity index (χ0v) is 16.1. The SMILES string of the molecule is CC1CC(NCCOCCO)NC(NC(=O)NC2CCC(C(F)(F)F)CC2)N1. The molecule has 0 aromatic rings. The normalized spacial score (nSPS) is 31.4. The molecule has 6 N–H and O–H groups in total. The first kappa shape index (κ1) is 23.1. The summed E-state index contributed by atoms with van der Waals surface area (Å²) in [6.07, 6.45) is -3.06. The Hall–Kier alpha value is -1.14. The molecular weight excluding hydrogens is 379 g/mol. The standard InChI is InChI=1S/C17H32F3N5O3/c1-11-10-14(21-6-8-28-9-7-26)24-15(22-11)25-16(27)23-13-4-2-12(3-5-13)17(18,19)20/h11-15,21-22,24,26H,2-10H2,1H3,(H2,23,25,27). The highest BCUT2D eigenvalue weighted by Crippen LogP contribution is 2.37. The van der Waals surface area contributed by atoms with Crippen molar-refractivity contribution in [3.8, 4) is 0 Å². The second-order valence-corrected chi connectivity index (χ2v) is 7.45. The molecule has 0 spiro atoms. The highest BCUT2D eigenvalue weighted by Gasteiger charge is 2.41.